The van der Waals surface area contributed by atoms with Gasteiger partial charge in [0.2, 0.25) is 0 Å². The lowest BCUT2D eigenvalue weighted by Crippen LogP contribution is -2.38. The fraction of sp³-hybridized carbons (Fsp3) is 0.682. The summed E-state index contributed by atoms with van der Waals surface area (Å²) in [6.45, 7) is 10.1. The molecule has 1 saturated heterocycles. The summed E-state index contributed by atoms with van der Waals surface area (Å²) in [7, 11) is 0. The highest BCUT2D eigenvalue weighted by atomic mass is 16.5. The normalized spacial score (nSPS) is 16.7. The molecular weight excluding hydrogens is 370 g/mol. The second kappa shape index (κ2) is 13.4. The van der Waals surface area contributed by atoms with Crippen molar-refractivity contribution in [2.45, 2.75) is 58.3 Å². The summed E-state index contributed by atoms with van der Waals surface area (Å²) in [6.07, 6.45) is 2.62. The van der Waals surface area contributed by atoms with Crippen LogP contribution in [0.1, 0.15) is 51.7 Å². The number of aliphatic hydroxyl groups is 1. The molecule has 1 aromatic rings. The van der Waals surface area contributed by atoms with Crippen LogP contribution in [-0.4, -0.2) is 62.7 Å². The average molecular weight is 408 g/mol. The Morgan fingerprint density at radius 1 is 1.28 bits per heavy atom. The standard InChI is InChI=1S/C22H37N3O4/c1-4-23-22(24-11-6-12-28-19-9-13-27-14-10-19)25-16-21(26)18-7-5-8-20(15-18)29-17(2)3/h5,7-8,15,17,19,21,26H,4,6,9-14,16H2,1-3H3,(H2,23,24,25). The van der Waals surface area contributed by atoms with Crippen LogP contribution < -0.4 is 15.4 Å². The Balaban J connectivity index is 1.75. The van der Waals surface area contributed by atoms with Crippen LogP contribution in [0.5, 0.6) is 5.75 Å². The summed E-state index contributed by atoms with van der Waals surface area (Å²) >= 11 is 0. The number of benzene rings is 1. The molecule has 2 rings (SSSR count). The van der Waals surface area contributed by atoms with E-state index >= 15 is 0 Å². The van der Waals surface area contributed by atoms with Crippen LogP contribution in [0.25, 0.3) is 0 Å². The molecule has 0 bridgehead atoms. The van der Waals surface area contributed by atoms with Gasteiger partial charge in [-0.3, -0.25) is 4.99 Å². The molecule has 3 N–H and O–H groups in total. The third-order valence-corrected chi connectivity index (χ3v) is 4.52. The van der Waals surface area contributed by atoms with Crippen molar-refractivity contribution in [2.24, 2.45) is 4.99 Å². The number of hydrogen-bond acceptors (Lipinski definition) is 5. The fourth-order valence-electron chi connectivity index (χ4n) is 3.06. The summed E-state index contributed by atoms with van der Waals surface area (Å²) in [4.78, 5) is 4.51. The Bertz CT molecular complexity index is 603. The van der Waals surface area contributed by atoms with Gasteiger partial charge in [-0.25, -0.2) is 0 Å². The SMILES string of the molecule is CCNC(=NCC(O)c1cccc(OC(C)C)c1)NCCCOC1CCOCC1. The molecule has 0 aromatic heterocycles. The van der Waals surface area contributed by atoms with Crippen molar-refractivity contribution in [3.63, 3.8) is 0 Å². The first-order valence-corrected chi connectivity index (χ1v) is 10.7. The van der Waals surface area contributed by atoms with Crippen LogP contribution in [0.4, 0.5) is 0 Å². The van der Waals surface area contributed by atoms with Crippen molar-refractivity contribution in [1.29, 1.82) is 0 Å². The average Bonchev–Trinajstić information content (AvgIpc) is 2.72. The zero-order valence-corrected chi connectivity index (χ0v) is 18.0. The molecule has 0 spiro atoms. The van der Waals surface area contributed by atoms with Gasteiger partial charge < -0.3 is 30.0 Å². The number of aliphatic imine (C=N–C) groups is 1. The first-order chi connectivity index (χ1) is 14.1. The maximum Gasteiger partial charge on any atom is 0.191 e. The van der Waals surface area contributed by atoms with Crippen molar-refractivity contribution >= 4 is 5.96 Å². The maximum absolute atomic E-state index is 10.5. The van der Waals surface area contributed by atoms with E-state index in [4.69, 9.17) is 14.2 Å². The monoisotopic (exact) mass is 407 g/mol. The third-order valence-electron chi connectivity index (χ3n) is 4.52. The van der Waals surface area contributed by atoms with Gasteiger partial charge in [0.1, 0.15) is 5.75 Å². The van der Waals surface area contributed by atoms with Crippen LogP contribution in [0, 0.1) is 0 Å². The molecule has 29 heavy (non-hydrogen) atoms. The Morgan fingerprint density at radius 2 is 2.07 bits per heavy atom. The first kappa shape index (κ1) is 23.4. The minimum Gasteiger partial charge on any atom is -0.491 e. The highest BCUT2D eigenvalue weighted by molar-refractivity contribution is 5.79. The molecule has 0 saturated carbocycles. The maximum atomic E-state index is 10.5. The van der Waals surface area contributed by atoms with E-state index in [1.165, 1.54) is 0 Å². The van der Waals surface area contributed by atoms with Gasteiger partial charge in [-0.2, -0.15) is 0 Å². The Kier molecular flexibility index (Phi) is 10.8. The Labute approximate surface area is 174 Å². The lowest BCUT2D eigenvalue weighted by Gasteiger charge is -2.22. The number of guanidine groups is 1. The van der Waals surface area contributed by atoms with Crippen LogP contribution in [-0.2, 0) is 9.47 Å². The van der Waals surface area contributed by atoms with E-state index in [1.54, 1.807) is 0 Å². The molecule has 0 amide bonds. The number of nitrogens with one attached hydrogen (secondary N) is 2. The minimum atomic E-state index is -0.682. The van der Waals surface area contributed by atoms with Gasteiger partial charge in [0.15, 0.2) is 5.96 Å². The van der Waals surface area contributed by atoms with E-state index in [0.29, 0.717) is 12.1 Å². The summed E-state index contributed by atoms with van der Waals surface area (Å²) in [6, 6.07) is 7.55. The third kappa shape index (κ3) is 9.47. The lowest BCUT2D eigenvalue weighted by atomic mass is 10.1. The van der Waals surface area contributed by atoms with Gasteiger partial charge in [0.25, 0.3) is 0 Å². The second-order valence-corrected chi connectivity index (χ2v) is 7.44. The van der Waals surface area contributed by atoms with Gasteiger partial charge in [-0.05, 0) is 57.7 Å². The highest BCUT2D eigenvalue weighted by Gasteiger charge is 2.13. The lowest BCUT2D eigenvalue weighted by molar-refractivity contribution is -0.0320. The first-order valence-electron chi connectivity index (χ1n) is 10.7. The molecule has 7 heteroatoms. The fourth-order valence-corrected chi connectivity index (χ4v) is 3.06. The van der Waals surface area contributed by atoms with Gasteiger partial charge in [0.05, 0.1) is 24.9 Å². The van der Waals surface area contributed by atoms with Crippen molar-refractivity contribution < 1.29 is 19.3 Å². The van der Waals surface area contributed by atoms with E-state index in [9.17, 15) is 5.11 Å². The van der Waals surface area contributed by atoms with E-state index < -0.39 is 6.10 Å². The number of aliphatic hydroxyl groups excluding tert-OH is 1. The molecular formula is C22H37N3O4. The summed E-state index contributed by atoms with van der Waals surface area (Å²) in [5, 5.41) is 17.0. The Morgan fingerprint density at radius 3 is 2.79 bits per heavy atom. The molecule has 0 aliphatic carbocycles. The van der Waals surface area contributed by atoms with Crippen molar-refractivity contribution in [3.05, 3.63) is 29.8 Å². The molecule has 1 atom stereocenters. The van der Waals surface area contributed by atoms with Crippen molar-refractivity contribution in [1.82, 2.24) is 10.6 Å². The number of hydrogen-bond donors (Lipinski definition) is 3. The largest absolute Gasteiger partial charge is 0.491 e. The van der Waals surface area contributed by atoms with E-state index in [0.717, 1.165) is 63.5 Å². The quantitative estimate of drug-likeness (QED) is 0.297. The highest BCUT2D eigenvalue weighted by Crippen LogP contribution is 2.20. The molecule has 164 valence electrons. The summed E-state index contributed by atoms with van der Waals surface area (Å²) in [5.74, 6) is 1.46. The van der Waals surface area contributed by atoms with Crippen LogP contribution >= 0.6 is 0 Å². The topological polar surface area (TPSA) is 84.3 Å². The molecule has 7 nitrogen and oxygen atoms in total. The predicted octanol–water partition coefficient (Wildman–Crippen LogP) is 2.65. The van der Waals surface area contributed by atoms with Gasteiger partial charge in [0, 0.05) is 32.9 Å². The smallest absolute Gasteiger partial charge is 0.191 e. The zero-order valence-electron chi connectivity index (χ0n) is 18.0. The summed E-state index contributed by atoms with van der Waals surface area (Å²) < 4.78 is 16.9. The molecule has 1 aromatic carbocycles. The molecule has 0 radical (unpaired) electrons. The number of ether oxygens (including phenoxy) is 3. The van der Waals surface area contributed by atoms with Crippen molar-refractivity contribution in [3.8, 4) is 5.75 Å². The second-order valence-electron chi connectivity index (χ2n) is 7.44. The molecule has 1 aliphatic rings. The van der Waals surface area contributed by atoms with Gasteiger partial charge in [-0.1, -0.05) is 12.1 Å². The van der Waals surface area contributed by atoms with Crippen LogP contribution in [0.2, 0.25) is 0 Å². The molecule has 1 aliphatic heterocycles. The predicted molar refractivity (Wildman–Crippen MR) is 116 cm³/mol. The van der Waals surface area contributed by atoms with Gasteiger partial charge >= 0.3 is 0 Å². The van der Waals surface area contributed by atoms with E-state index in [2.05, 4.69) is 15.6 Å². The zero-order chi connectivity index (χ0) is 20.9. The minimum absolute atomic E-state index is 0.0976. The van der Waals surface area contributed by atoms with Gasteiger partial charge in [-0.15, -0.1) is 0 Å². The van der Waals surface area contributed by atoms with E-state index in [-0.39, 0.29) is 12.6 Å². The summed E-state index contributed by atoms with van der Waals surface area (Å²) in [5.41, 5.74) is 0.799. The van der Waals surface area contributed by atoms with E-state index in [1.807, 2.05) is 45.0 Å². The van der Waals surface area contributed by atoms with Crippen LogP contribution in [0.15, 0.2) is 29.3 Å². The molecule has 1 unspecified atom stereocenters. The Hall–Kier alpha value is -1.83. The molecule has 1 heterocycles. The van der Waals surface area contributed by atoms with Crippen molar-refractivity contribution in [2.75, 3.05) is 39.5 Å². The number of nitrogens with zero attached hydrogens (tertiary/aromatic N) is 1. The molecule has 1 fully saturated rings. The van der Waals surface area contributed by atoms with Crippen LogP contribution in [0.3, 0.4) is 0 Å². The number of rotatable bonds is 11.